The largest absolute Gasteiger partial charge is 0.494 e. The van der Waals surface area contributed by atoms with Crippen LogP contribution < -0.4 is 14.9 Å². The maximum Gasteiger partial charge on any atom is 0.277 e. The van der Waals surface area contributed by atoms with Gasteiger partial charge < -0.3 is 9.47 Å². The van der Waals surface area contributed by atoms with Gasteiger partial charge >= 0.3 is 0 Å². The van der Waals surface area contributed by atoms with Gasteiger partial charge in [-0.05, 0) is 67.4 Å². The Balaban J connectivity index is 1.83. The van der Waals surface area contributed by atoms with E-state index < -0.39 is 0 Å². The average molecular weight is 351 g/mol. The first-order chi connectivity index (χ1) is 12.6. The molecule has 6 heteroatoms. The number of nitriles is 1. The first-order valence-electron chi connectivity index (χ1n) is 8.31. The summed E-state index contributed by atoms with van der Waals surface area (Å²) >= 11 is 0. The lowest BCUT2D eigenvalue weighted by atomic mass is 10.1. The second kappa shape index (κ2) is 9.84. The van der Waals surface area contributed by atoms with Gasteiger partial charge in [0.05, 0.1) is 24.0 Å². The number of hydrazone groups is 1. The number of hydrogen-bond acceptors (Lipinski definition) is 5. The molecule has 0 heterocycles. The number of amides is 1. The second-order valence-corrected chi connectivity index (χ2v) is 5.53. The number of nitrogens with one attached hydrogen (secondary N) is 1. The molecule has 0 aliphatic rings. The van der Waals surface area contributed by atoms with Crippen molar-refractivity contribution in [3.8, 4) is 17.6 Å². The highest BCUT2D eigenvalue weighted by Gasteiger charge is 2.04. The summed E-state index contributed by atoms with van der Waals surface area (Å²) in [7, 11) is 0. The maximum atomic E-state index is 11.8. The molecule has 0 bridgehead atoms. The molecule has 0 aliphatic heterocycles. The molecule has 0 unspecified atom stereocenters. The zero-order chi connectivity index (χ0) is 18.8. The van der Waals surface area contributed by atoms with Crippen LogP contribution >= 0.6 is 0 Å². The van der Waals surface area contributed by atoms with Crippen molar-refractivity contribution in [2.24, 2.45) is 5.10 Å². The maximum absolute atomic E-state index is 11.8. The predicted molar refractivity (Wildman–Crippen MR) is 99.2 cm³/mol. The van der Waals surface area contributed by atoms with Crippen LogP contribution in [-0.4, -0.2) is 24.8 Å². The van der Waals surface area contributed by atoms with Crippen molar-refractivity contribution in [3.05, 3.63) is 59.7 Å². The lowest BCUT2D eigenvalue weighted by Gasteiger charge is -2.07. The van der Waals surface area contributed by atoms with Crippen LogP contribution in [0.25, 0.3) is 0 Å². The van der Waals surface area contributed by atoms with Crippen molar-refractivity contribution in [1.29, 1.82) is 5.26 Å². The summed E-state index contributed by atoms with van der Waals surface area (Å²) in [5, 5.41) is 12.8. The zero-order valence-corrected chi connectivity index (χ0v) is 14.9. The molecule has 0 saturated heterocycles. The van der Waals surface area contributed by atoms with Crippen molar-refractivity contribution >= 4 is 11.6 Å². The van der Waals surface area contributed by atoms with Crippen molar-refractivity contribution < 1.29 is 14.3 Å². The number of ether oxygens (including phenoxy) is 2. The molecule has 0 spiro atoms. The fraction of sp³-hybridized carbons (Fsp3) is 0.250. The smallest absolute Gasteiger partial charge is 0.277 e. The van der Waals surface area contributed by atoms with Gasteiger partial charge in [0, 0.05) is 0 Å². The van der Waals surface area contributed by atoms with E-state index in [2.05, 4.69) is 17.5 Å². The topological polar surface area (TPSA) is 83.7 Å². The molecule has 134 valence electrons. The summed E-state index contributed by atoms with van der Waals surface area (Å²) in [6.07, 6.45) is 0.957. The highest BCUT2D eigenvalue weighted by atomic mass is 16.5. The third-order valence-electron chi connectivity index (χ3n) is 3.45. The van der Waals surface area contributed by atoms with Crippen LogP contribution in [0, 0.1) is 11.3 Å². The lowest BCUT2D eigenvalue weighted by Crippen LogP contribution is -2.25. The summed E-state index contributed by atoms with van der Waals surface area (Å²) in [4.78, 5) is 11.8. The fourth-order valence-electron chi connectivity index (χ4n) is 2.03. The summed E-state index contributed by atoms with van der Waals surface area (Å²) < 4.78 is 10.9. The van der Waals surface area contributed by atoms with E-state index >= 15 is 0 Å². The van der Waals surface area contributed by atoms with E-state index in [4.69, 9.17) is 14.7 Å². The Hall–Kier alpha value is -3.33. The Kier molecular flexibility index (Phi) is 7.19. The number of hydrogen-bond donors (Lipinski definition) is 1. The van der Waals surface area contributed by atoms with E-state index in [0.29, 0.717) is 23.6 Å². The van der Waals surface area contributed by atoms with Crippen LogP contribution in [0.1, 0.15) is 31.4 Å². The third kappa shape index (κ3) is 5.95. The van der Waals surface area contributed by atoms with Crippen molar-refractivity contribution in [3.63, 3.8) is 0 Å². The van der Waals surface area contributed by atoms with Gasteiger partial charge in [0.1, 0.15) is 11.5 Å². The van der Waals surface area contributed by atoms with Gasteiger partial charge in [-0.15, -0.1) is 0 Å². The molecule has 2 rings (SSSR count). The molecule has 26 heavy (non-hydrogen) atoms. The minimum absolute atomic E-state index is 0.160. The van der Waals surface area contributed by atoms with Crippen LogP contribution in [-0.2, 0) is 4.79 Å². The second-order valence-electron chi connectivity index (χ2n) is 5.53. The van der Waals surface area contributed by atoms with Crippen molar-refractivity contribution in [1.82, 2.24) is 5.43 Å². The molecule has 0 aromatic heterocycles. The molecule has 1 N–H and O–H groups in total. The van der Waals surface area contributed by atoms with Gasteiger partial charge in [-0.25, -0.2) is 5.43 Å². The Morgan fingerprint density at radius 3 is 2.31 bits per heavy atom. The van der Waals surface area contributed by atoms with Gasteiger partial charge in [0.2, 0.25) is 0 Å². The molecule has 6 nitrogen and oxygen atoms in total. The number of carbonyl (C=O) groups is 1. The summed E-state index contributed by atoms with van der Waals surface area (Å²) in [5.74, 6) is 0.961. The lowest BCUT2D eigenvalue weighted by molar-refractivity contribution is -0.123. The highest BCUT2D eigenvalue weighted by Crippen LogP contribution is 2.13. The molecular weight excluding hydrogens is 330 g/mol. The Morgan fingerprint density at radius 1 is 1.08 bits per heavy atom. The zero-order valence-electron chi connectivity index (χ0n) is 14.9. The molecular formula is C20H21N3O3. The number of rotatable bonds is 8. The Morgan fingerprint density at radius 2 is 1.69 bits per heavy atom. The van der Waals surface area contributed by atoms with E-state index in [1.54, 1.807) is 24.3 Å². The Bertz CT molecular complexity index is 791. The van der Waals surface area contributed by atoms with Crippen molar-refractivity contribution in [2.45, 2.75) is 20.3 Å². The van der Waals surface area contributed by atoms with Gasteiger partial charge in [0.15, 0.2) is 6.61 Å². The van der Waals surface area contributed by atoms with E-state index in [9.17, 15) is 4.79 Å². The SMILES string of the molecule is CCCOc1ccc(/C(C)=N\NC(=O)COc2ccc(C#N)cc2)cc1. The first-order valence-corrected chi connectivity index (χ1v) is 8.31. The van der Waals surface area contributed by atoms with Gasteiger partial charge in [-0.1, -0.05) is 6.92 Å². The standard InChI is InChI=1S/C20H21N3O3/c1-3-12-25-18-10-6-17(7-11-18)15(2)22-23-20(24)14-26-19-8-4-16(13-21)5-9-19/h4-11H,3,12,14H2,1-2H3,(H,23,24)/b22-15-. The minimum Gasteiger partial charge on any atom is -0.494 e. The fourth-order valence-corrected chi connectivity index (χ4v) is 2.03. The predicted octanol–water partition coefficient (Wildman–Crippen LogP) is 3.27. The van der Waals surface area contributed by atoms with Gasteiger partial charge in [0.25, 0.3) is 5.91 Å². The van der Waals surface area contributed by atoms with E-state index in [1.165, 1.54) is 0 Å². The highest BCUT2D eigenvalue weighted by molar-refractivity contribution is 5.99. The molecule has 0 atom stereocenters. The van der Waals surface area contributed by atoms with E-state index in [-0.39, 0.29) is 12.5 Å². The van der Waals surface area contributed by atoms with E-state index in [0.717, 1.165) is 17.7 Å². The van der Waals surface area contributed by atoms with E-state index in [1.807, 2.05) is 37.3 Å². The van der Waals surface area contributed by atoms with Crippen molar-refractivity contribution in [2.75, 3.05) is 13.2 Å². The minimum atomic E-state index is -0.364. The van der Waals surface area contributed by atoms with Crippen LogP contribution in [0.5, 0.6) is 11.5 Å². The summed E-state index contributed by atoms with van der Waals surface area (Å²) in [5.41, 5.74) is 4.57. The number of carbonyl (C=O) groups excluding carboxylic acids is 1. The molecule has 0 aliphatic carbocycles. The molecule has 0 fully saturated rings. The molecule has 0 saturated carbocycles. The van der Waals surface area contributed by atoms with Crippen LogP contribution in [0.4, 0.5) is 0 Å². The summed E-state index contributed by atoms with van der Waals surface area (Å²) in [6.45, 7) is 4.39. The molecule has 2 aromatic rings. The normalized spacial score (nSPS) is 10.7. The van der Waals surface area contributed by atoms with Gasteiger partial charge in [-0.2, -0.15) is 10.4 Å². The van der Waals surface area contributed by atoms with Crippen LogP contribution in [0.3, 0.4) is 0 Å². The molecule has 0 radical (unpaired) electrons. The third-order valence-corrected chi connectivity index (χ3v) is 3.45. The summed E-state index contributed by atoms with van der Waals surface area (Å²) in [6, 6.07) is 16.1. The van der Waals surface area contributed by atoms with Crippen LogP contribution in [0.15, 0.2) is 53.6 Å². The van der Waals surface area contributed by atoms with Gasteiger partial charge in [-0.3, -0.25) is 4.79 Å². The molecule has 1 amide bonds. The monoisotopic (exact) mass is 351 g/mol. The average Bonchev–Trinajstić information content (AvgIpc) is 2.69. The number of benzene rings is 2. The molecule has 2 aromatic carbocycles. The quantitative estimate of drug-likeness (QED) is 0.584. The first kappa shape index (κ1) is 19.0. The number of nitrogens with zero attached hydrogens (tertiary/aromatic N) is 2. The van der Waals surface area contributed by atoms with Crippen LogP contribution in [0.2, 0.25) is 0 Å². The Labute approximate surface area is 153 Å².